The Morgan fingerprint density at radius 2 is 1.83 bits per heavy atom. The normalized spacial score (nSPS) is 17.9. The van der Waals surface area contributed by atoms with Crippen LogP contribution >= 0.6 is 11.6 Å². The van der Waals surface area contributed by atoms with E-state index in [1.54, 1.807) is 0 Å². The molecule has 1 aromatic rings. The van der Waals surface area contributed by atoms with Crippen LogP contribution in [0.1, 0.15) is 11.1 Å². The molecule has 0 bridgehead atoms. The zero-order chi connectivity index (χ0) is 17.6. The lowest BCUT2D eigenvalue weighted by molar-refractivity contribution is -0.274. The first-order chi connectivity index (χ1) is 10.4. The van der Waals surface area contributed by atoms with Gasteiger partial charge in [-0.05, 0) is 42.3 Å². The van der Waals surface area contributed by atoms with Gasteiger partial charge < -0.3 is 9.47 Å². The number of aryl methyl sites for hydroxylation is 1. The van der Waals surface area contributed by atoms with Crippen molar-refractivity contribution >= 4 is 22.9 Å². The zero-order valence-electron chi connectivity index (χ0n) is 11.2. The summed E-state index contributed by atoms with van der Waals surface area (Å²) in [5.41, 5.74) is -1.11. The predicted octanol–water partition coefficient (Wildman–Crippen LogP) is 4.37. The van der Waals surface area contributed by atoms with Gasteiger partial charge in [0.15, 0.2) is 0 Å². The average Bonchev–Trinajstić information content (AvgIpc) is 2.33. The minimum Gasteiger partial charge on any atom is -0.475 e. The van der Waals surface area contributed by atoms with Crippen molar-refractivity contribution < 1.29 is 40.6 Å². The van der Waals surface area contributed by atoms with Crippen LogP contribution in [-0.4, -0.2) is 23.9 Å². The molecule has 0 fully saturated rings. The standard InChI is InChI=1S/C13H7ClF6O3/c1-5-2-7(23-13(18,19)20)3-6-4-8(11(14)21)10(12(15,16)17)22-9(5)6/h2-4,10H,1H3. The number of hydrogen-bond acceptors (Lipinski definition) is 3. The summed E-state index contributed by atoms with van der Waals surface area (Å²) in [6.45, 7) is 1.25. The second-order valence-corrected chi connectivity index (χ2v) is 4.96. The van der Waals surface area contributed by atoms with Gasteiger partial charge in [-0.2, -0.15) is 13.2 Å². The molecule has 0 aliphatic carbocycles. The summed E-state index contributed by atoms with van der Waals surface area (Å²) in [5, 5.41) is -1.42. The van der Waals surface area contributed by atoms with Gasteiger partial charge >= 0.3 is 12.5 Å². The molecule has 1 aromatic carbocycles. The first-order valence-corrected chi connectivity index (χ1v) is 6.31. The molecule has 23 heavy (non-hydrogen) atoms. The van der Waals surface area contributed by atoms with E-state index >= 15 is 0 Å². The lowest BCUT2D eigenvalue weighted by atomic mass is 9.99. The molecule has 0 spiro atoms. The van der Waals surface area contributed by atoms with E-state index in [1.807, 2.05) is 0 Å². The summed E-state index contributed by atoms with van der Waals surface area (Å²) in [5.74, 6) is -0.955. The number of ether oxygens (including phenoxy) is 2. The monoisotopic (exact) mass is 360 g/mol. The molecule has 0 radical (unpaired) electrons. The first kappa shape index (κ1) is 17.5. The Morgan fingerprint density at radius 3 is 2.30 bits per heavy atom. The highest BCUT2D eigenvalue weighted by Gasteiger charge is 2.48. The van der Waals surface area contributed by atoms with Crippen molar-refractivity contribution in [3.63, 3.8) is 0 Å². The van der Waals surface area contributed by atoms with E-state index in [9.17, 15) is 31.1 Å². The molecule has 1 aliphatic heterocycles. The van der Waals surface area contributed by atoms with E-state index in [2.05, 4.69) is 4.74 Å². The van der Waals surface area contributed by atoms with Crippen molar-refractivity contribution in [2.45, 2.75) is 25.6 Å². The molecular formula is C13H7ClF6O3. The fourth-order valence-electron chi connectivity index (χ4n) is 2.06. The third-order valence-electron chi connectivity index (χ3n) is 2.86. The van der Waals surface area contributed by atoms with E-state index < -0.39 is 35.2 Å². The Hall–Kier alpha value is -1.90. The number of fused-ring (bicyclic) bond motifs is 1. The third kappa shape index (κ3) is 3.90. The molecule has 1 unspecified atom stereocenters. The number of rotatable bonds is 2. The summed E-state index contributed by atoms with van der Waals surface area (Å²) in [6.07, 6.45) is -11.7. The molecule has 0 aromatic heterocycles. The lowest BCUT2D eigenvalue weighted by Gasteiger charge is -2.28. The number of alkyl halides is 6. The zero-order valence-corrected chi connectivity index (χ0v) is 11.9. The van der Waals surface area contributed by atoms with Gasteiger partial charge in [0.05, 0.1) is 5.57 Å². The van der Waals surface area contributed by atoms with Crippen molar-refractivity contribution in [1.82, 2.24) is 0 Å². The maximum absolute atomic E-state index is 12.9. The van der Waals surface area contributed by atoms with Crippen molar-refractivity contribution in [1.29, 1.82) is 0 Å². The largest absolute Gasteiger partial charge is 0.573 e. The maximum atomic E-state index is 12.9. The van der Waals surface area contributed by atoms with Crippen LogP contribution in [0.15, 0.2) is 17.7 Å². The first-order valence-electron chi connectivity index (χ1n) is 5.93. The maximum Gasteiger partial charge on any atom is 0.573 e. The second-order valence-electron chi connectivity index (χ2n) is 4.62. The molecule has 10 heteroatoms. The van der Waals surface area contributed by atoms with Crippen LogP contribution in [0.5, 0.6) is 11.5 Å². The SMILES string of the molecule is Cc1cc(OC(F)(F)F)cc2c1OC(C(F)(F)F)C(C(=O)Cl)=C2. The van der Waals surface area contributed by atoms with Gasteiger partial charge in [0, 0.05) is 5.56 Å². The highest BCUT2D eigenvalue weighted by atomic mass is 35.5. The van der Waals surface area contributed by atoms with Crippen molar-refractivity contribution in [3.8, 4) is 11.5 Å². The van der Waals surface area contributed by atoms with Crippen LogP contribution in [0.4, 0.5) is 26.3 Å². The number of benzene rings is 1. The van der Waals surface area contributed by atoms with Gasteiger partial charge in [-0.3, -0.25) is 4.79 Å². The Bertz CT molecular complexity index is 678. The van der Waals surface area contributed by atoms with Crippen LogP contribution in [0.25, 0.3) is 6.08 Å². The van der Waals surface area contributed by atoms with Gasteiger partial charge in [-0.25, -0.2) is 0 Å². The highest BCUT2D eigenvalue weighted by molar-refractivity contribution is 6.68. The molecule has 3 nitrogen and oxygen atoms in total. The third-order valence-corrected chi connectivity index (χ3v) is 3.08. The minimum absolute atomic E-state index is 0.0201. The molecule has 1 atom stereocenters. The van der Waals surface area contributed by atoms with Crippen molar-refractivity contribution in [3.05, 3.63) is 28.8 Å². The number of halogens is 7. The summed E-state index contributed by atoms with van der Waals surface area (Å²) >= 11 is 5.11. The van der Waals surface area contributed by atoms with Crippen LogP contribution in [0.3, 0.4) is 0 Å². The number of carbonyl (C=O) groups excluding carboxylic acids is 1. The summed E-state index contributed by atoms with van der Waals surface area (Å²) in [4.78, 5) is 11.2. The van der Waals surface area contributed by atoms with Crippen LogP contribution < -0.4 is 9.47 Å². The Labute approximate surface area is 130 Å². The molecular weight excluding hydrogens is 354 g/mol. The average molecular weight is 361 g/mol. The Kier molecular flexibility index (Phi) is 4.27. The molecule has 0 amide bonds. The van der Waals surface area contributed by atoms with Crippen LogP contribution in [-0.2, 0) is 4.79 Å². The van der Waals surface area contributed by atoms with Gasteiger partial charge in [-0.15, -0.1) is 13.2 Å². The summed E-state index contributed by atoms with van der Waals surface area (Å²) in [6, 6.07) is 1.68. The lowest BCUT2D eigenvalue weighted by Crippen LogP contribution is -2.39. The van der Waals surface area contributed by atoms with E-state index in [-0.39, 0.29) is 16.9 Å². The van der Waals surface area contributed by atoms with Crippen LogP contribution in [0, 0.1) is 6.92 Å². The van der Waals surface area contributed by atoms with Gasteiger partial charge in [0.25, 0.3) is 5.24 Å². The highest BCUT2D eigenvalue weighted by Crippen LogP contribution is 2.41. The predicted molar refractivity (Wildman–Crippen MR) is 67.2 cm³/mol. The fraction of sp³-hybridized carbons (Fsp3) is 0.308. The smallest absolute Gasteiger partial charge is 0.475 e. The Morgan fingerprint density at radius 1 is 1.22 bits per heavy atom. The minimum atomic E-state index is -4.97. The van der Waals surface area contributed by atoms with Gasteiger partial charge in [0.1, 0.15) is 11.5 Å². The van der Waals surface area contributed by atoms with Gasteiger partial charge in [0.2, 0.25) is 6.10 Å². The Balaban J connectivity index is 2.53. The molecule has 1 aliphatic rings. The van der Waals surface area contributed by atoms with E-state index in [0.717, 1.165) is 18.2 Å². The van der Waals surface area contributed by atoms with Gasteiger partial charge in [-0.1, -0.05) is 0 Å². The van der Waals surface area contributed by atoms with E-state index in [4.69, 9.17) is 16.3 Å². The van der Waals surface area contributed by atoms with Crippen molar-refractivity contribution in [2.75, 3.05) is 0 Å². The fourth-order valence-corrected chi connectivity index (χ4v) is 2.21. The summed E-state index contributed by atoms with van der Waals surface area (Å²) in [7, 11) is 0. The number of hydrogen-bond donors (Lipinski definition) is 0. The molecule has 0 saturated heterocycles. The molecule has 2 rings (SSSR count). The summed E-state index contributed by atoms with van der Waals surface area (Å²) < 4.78 is 84.0. The topological polar surface area (TPSA) is 35.5 Å². The quantitative estimate of drug-likeness (QED) is 0.580. The second kappa shape index (κ2) is 5.63. The van der Waals surface area contributed by atoms with E-state index in [1.165, 1.54) is 6.92 Å². The molecule has 1 heterocycles. The van der Waals surface area contributed by atoms with E-state index in [0.29, 0.717) is 0 Å². The number of carbonyl (C=O) groups is 1. The molecule has 0 N–H and O–H groups in total. The molecule has 0 saturated carbocycles. The van der Waals surface area contributed by atoms with Crippen LogP contribution in [0.2, 0.25) is 0 Å². The van der Waals surface area contributed by atoms with Crippen molar-refractivity contribution in [2.24, 2.45) is 0 Å². The molecule has 126 valence electrons.